The molecule has 0 radical (unpaired) electrons. The molecule has 0 bridgehead atoms. The topological polar surface area (TPSA) is 84.2 Å². The molecule has 0 fully saturated rings. The third-order valence-electron chi connectivity index (χ3n) is 2.79. The van der Waals surface area contributed by atoms with Crippen LogP contribution in [0.15, 0.2) is 28.7 Å². The lowest BCUT2D eigenvalue weighted by Crippen LogP contribution is -2.22. The highest BCUT2D eigenvalue weighted by Gasteiger charge is 2.18. The van der Waals surface area contributed by atoms with Crippen LogP contribution in [0.25, 0.3) is 0 Å². The van der Waals surface area contributed by atoms with Crippen molar-refractivity contribution in [2.45, 2.75) is 37.9 Å². The molecule has 110 valence electrons. The van der Waals surface area contributed by atoms with E-state index in [4.69, 9.17) is 0 Å². The van der Waals surface area contributed by atoms with Crippen molar-refractivity contribution < 1.29 is 13.5 Å². The molecule has 0 spiro atoms. The van der Waals surface area contributed by atoms with Gasteiger partial charge in [-0.2, -0.15) is 0 Å². The van der Waals surface area contributed by atoms with Gasteiger partial charge in [-0.1, -0.05) is 6.92 Å². The van der Waals surface area contributed by atoms with Crippen LogP contribution in [0, 0.1) is 0 Å². The summed E-state index contributed by atoms with van der Waals surface area (Å²) in [5, 5.41) is 11.8. The van der Waals surface area contributed by atoms with Gasteiger partial charge in [0.15, 0.2) is 0 Å². The van der Waals surface area contributed by atoms with Crippen molar-refractivity contribution in [1.29, 1.82) is 0 Å². The van der Waals surface area contributed by atoms with Gasteiger partial charge in [-0.25, -0.2) is 18.1 Å². The number of aromatic nitrogens is 2. The highest BCUT2D eigenvalue weighted by Crippen LogP contribution is 2.16. The first-order valence-electron chi connectivity index (χ1n) is 6.24. The Morgan fingerprint density at radius 3 is 2.90 bits per heavy atom. The molecule has 2 aromatic rings. The van der Waals surface area contributed by atoms with Crippen molar-refractivity contribution in [3.63, 3.8) is 0 Å². The number of nitrogens with one attached hydrogen (secondary N) is 1. The van der Waals surface area contributed by atoms with Crippen LogP contribution in [0.5, 0.6) is 0 Å². The smallest absolute Gasteiger partial charge is 0.242 e. The van der Waals surface area contributed by atoms with Gasteiger partial charge < -0.3 is 9.67 Å². The third kappa shape index (κ3) is 3.45. The van der Waals surface area contributed by atoms with Gasteiger partial charge in [0.2, 0.25) is 10.0 Å². The lowest BCUT2D eigenvalue weighted by Gasteiger charge is -2.04. The number of hydrogen-bond donors (Lipinski definition) is 2. The molecule has 0 saturated carbocycles. The first-order valence-corrected chi connectivity index (χ1v) is 8.61. The fraction of sp³-hybridized carbons (Fsp3) is 0.417. The van der Waals surface area contributed by atoms with Gasteiger partial charge in [0.1, 0.15) is 5.01 Å². The maximum atomic E-state index is 12.2. The second kappa shape index (κ2) is 6.49. The minimum atomic E-state index is -3.58. The van der Waals surface area contributed by atoms with Gasteiger partial charge in [0.25, 0.3) is 0 Å². The third-order valence-corrected chi connectivity index (χ3v) is 4.94. The van der Waals surface area contributed by atoms with E-state index in [1.165, 1.54) is 17.4 Å². The predicted molar refractivity (Wildman–Crippen MR) is 76.8 cm³/mol. The molecule has 2 aromatic heterocycles. The van der Waals surface area contributed by atoms with Crippen LogP contribution in [0.3, 0.4) is 0 Å². The van der Waals surface area contributed by atoms with E-state index < -0.39 is 10.0 Å². The van der Waals surface area contributed by atoms with Crippen molar-refractivity contribution in [1.82, 2.24) is 14.3 Å². The van der Waals surface area contributed by atoms with E-state index in [0.29, 0.717) is 17.2 Å². The van der Waals surface area contributed by atoms with Crippen molar-refractivity contribution in [3.05, 3.63) is 34.5 Å². The van der Waals surface area contributed by atoms with Gasteiger partial charge in [-0.05, 0) is 12.5 Å². The van der Waals surface area contributed by atoms with Crippen molar-refractivity contribution in [2.75, 3.05) is 0 Å². The maximum absolute atomic E-state index is 12.2. The Labute approximate surface area is 122 Å². The first-order chi connectivity index (χ1) is 9.56. The number of sulfonamides is 1. The summed E-state index contributed by atoms with van der Waals surface area (Å²) in [7, 11) is -3.58. The van der Waals surface area contributed by atoms with E-state index >= 15 is 0 Å². The zero-order valence-electron chi connectivity index (χ0n) is 11.1. The van der Waals surface area contributed by atoms with E-state index in [-0.39, 0.29) is 18.0 Å². The van der Waals surface area contributed by atoms with Crippen molar-refractivity contribution in [3.8, 4) is 0 Å². The van der Waals surface area contributed by atoms with Crippen LogP contribution in [0.1, 0.15) is 24.0 Å². The van der Waals surface area contributed by atoms with Gasteiger partial charge in [-0.3, -0.25) is 0 Å². The Balaban J connectivity index is 2.16. The Morgan fingerprint density at radius 2 is 2.30 bits per heavy atom. The van der Waals surface area contributed by atoms with E-state index in [9.17, 15) is 13.5 Å². The summed E-state index contributed by atoms with van der Waals surface area (Å²) < 4.78 is 28.6. The van der Waals surface area contributed by atoms with Gasteiger partial charge in [0, 0.05) is 30.0 Å². The zero-order valence-corrected chi connectivity index (χ0v) is 12.7. The molecular weight excluding hydrogens is 298 g/mol. The minimum Gasteiger partial charge on any atom is -0.390 e. The number of aryl methyl sites for hydroxylation is 1. The summed E-state index contributed by atoms with van der Waals surface area (Å²) in [5.41, 5.74) is 0.599. The molecular formula is C12H17N3O3S2. The molecule has 8 heteroatoms. The molecule has 0 aliphatic rings. The number of hydrogen-bond acceptors (Lipinski definition) is 5. The molecule has 2 heterocycles. The Kier molecular flexibility index (Phi) is 4.92. The number of nitrogens with zero attached hydrogens (tertiary/aromatic N) is 2. The molecule has 2 N–H and O–H groups in total. The largest absolute Gasteiger partial charge is 0.390 e. The molecule has 0 unspecified atom stereocenters. The number of aliphatic hydroxyl groups is 1. The Bertz CT molecular complexity index is 648. The van der Waals surface area contributed by atoms with Crippen molar-refractivity contribution >= 4 is 21.4 Å². The fourth-order valence-corrected chi connectivity index (χ4v) is 3.53. The second-order valence-corrected chi connectivity index (χ2v) is 7.02. The summed E-state index contributed by atoms with van der Waals surface area (Å²) in [4.78, 5) is 4.20. The summed E-state index contributed by atoms with van der Waals surface area (Å²) >= 11 is 1.40. The number of thiazole rings is 1. The van der Waals surface area contributed by atoms with Crippen LogP contribution < -0.4 is 4.72 Å². The SMILES string of the molecule is CCCn1cc(S(=O)(=O)NCc2nccs2)cc1CO. The maximum Gasteiger partial charge on any atom is 0.242 e. The van der Waals surface area contributed by atoms with E-state index in [1.54, 1.807) is 22.3 Å². The minimum absolute atomic E-state index is 0.173. The van der Waals surface area contributed by atoms with E-state index in [1.807, 2.05) is 6.92 Å². The first kappa shape index (κ1) is 15.2. The van der Waals surface area contributed by atoms with Crippen LogP contribution in [-0.2, 0) is 29.7 Å². The lowest BCUT2D eigenvalue weighted by molar-refractivity contribution is 0.270. The van der Waals surface area contributed by atoms with E-state index in [2.05, 4.69) is 9.71 Å². The summed E-state index contributed by atoms with van der Waals surface area (Å²) in [6.07, 6.45) is 4.06. The fourth-order valence-electron chi connectivity index (χ4n) is 1.83. The molecule has 0 saturated heterocycles. The van der Waals surface area contributed by atoms with Crippen LogP contribution in [0.4, 0.5) is 0 Å². The summed E-state index contributed by atoms with van der Waals surface area (Å²) in [6.45, 7) is 2.67. The lowest BCUT2D eigenvalue weighted by atomic mass is 10.4. The number of aliphatic hydroxyl groups excluding tert-OH is 1. The van der Waals surface area contributed by atoms with Gasteiger partial charge in [-0.15, -0.1) is 11.3 Å². The normalized spacial score (nSPS) is 11.9. The molecule has 6 nitrogen and oxygen atoms in total. The molecule has 20 heavy (non-hydrogen) atoms. The molecule has 0 atom stereocenters. The highest BCUT2D eigenvalue weighted by atomic mass is 32.2. The average molecular weight is 315 g/mol. The summed E-state index contributed by atoms with van der Waals surface area (Å²) in [6, 6.07) is 1.50. The van der Waals surface area contributed by atoms with Crippen LogP contribution in [0.2, 0.25) is 0 Å². The Morgan fingerprint density at radius 1 is 1.50 bits per heavy atom. The van der Waals surface area contributed by atoms with Crippen LogP contribution in [-0.4, -0.2) is 23.1 Å². The summed E-state index contributed by atoms with van der Waals surface area (Å²) in [5.74, 6) is 0. The molecule has 0 aromatic carbocycles. The van der Waals surface area contributed by atoms with Gasteiger partial charge >= 0.3 is 0 Å². The second-order valence-electron chi connectivity index (χ2n) is 4.27. The highest BCUT2D eigenvalue weighted by molar-refractivity contribution is 7.89. The number of rotatable bonds is 7. The zero-order chi connectivity index (χ0) is 14.6. The molecule has 2 rings (SSSR count). The monoisotopic (exact) mass is 315 g/mol. The standard InChI is InChI=1S/C12H17N3O3S2/c1-2-4-15-8-11(6-10(15)9-16)20(17,18)14-7-12-13-3-5-19-12/h3,5-6,8,14,16H,2,4,7,9H2,1H3. The van der Waals surface area contributed by atoms with E-state index in [0.717, 1.165) is 6.42 Å². The van der Waals surface area contributed by atoms with Crippen LogP contribution >= 0.6 is 11.3 Å². The van der Waals surface area contributed by atoms with Crippen molar-refractivity contribution in [2.24, 2.45) is 0 Å². The Hall–Kier alpha value is -1.22. The molecule has 0 amide bonds. The molecule has 0 aliphatic carbocycles. The molecule has 0 aliphatic heterocycles. The average Bonchev–Trinajstić information content (AvgIpc) is 3.06. The predicted octanol–water partition coefficient (Wildman–Crippen LogP) is 1.33. The quantitative estimate of drug-likeness (QED) is 0.807. The van der Waals surface area contributed by atoms with Gasteiger partial charge in [0.05, 0.1) is 18.0 Å².